The smallest absolute Gasteiger partial charge is 0.155 e. The quantitative estimate of drug-likeness (QED) is 0.819. The molecular weight excluding hydrogens is 245 g/mol. The highest BCUT2D eigenvalue weighted by Gasteiger charge is 1.99. The van der Waals surface area contributed by atoms with Gasteiger partial charge in [-0.3, -0.25) is 0 Å². The van der Waals surface area contributed by atoms with E-state index in [0.29, 0.717) is 10.0 Å². The third kappa shape index (κ3) is 2.81. The molecule has 0 saturated heterocycles. The third-order valence-corrected chi connectivity index (χ3v) is 2.69. The molecule has 2 nitrogen and oxygen atoms in total. The van der Waals surface area contributed by atoms with E-state index in [4.69, 9.17) is 28.0 Å². The van der Waals surface area contributed by atoms with Crippen LogP contribution in [0.1, 0.15) is 0 Å². The first-order valence-electron chi connectivity index (χ1n) is 4.68. The van der Waals surface area contributed by atoms with Crippen molar-refractivity contribution in [2.24, 2.45) is 0 Å². The summed E-state index contributed by atoms with van der Waals surface area (Å²) in [7, 11) is 0. The van der Waals surface area contributed by atoms with Gasteiger partial charge in [-0.05, 0) is 30.3 Å². The lowest BCUT2D eigenvalue weighted by Crippen LogP contribution is -2.04. The third-order valence-electron chi connectivity index (χ3n) is 1.95. The van der Waals surface area contributed by atoms with Gasteiger partial charge in [-0.2, -0.15) is 0 Å². The van der Waals surface area contributed by atoms with Crippen molar-refractivity contribution in [2.45, 2.75) is 0 Å². The van der Waals surface area contributed by atoms with Crippen LogP contribution < -0.4 is 10.3 Å². The fourth-order valence-corrected chi connectivity index (χ4v) is 1.46. The maximum absolute atomic E-state index is 5.87. The molecule has 0 atom stereocenters. The number of rotatable bonds is 3. The minimum absolute atomic E-state index is 0.489. The first-order chi connectivity index (χ1) is 7.75. The molecule has 2 aromatic carbocycles. The summed E-state index contributed by atoms with van der Waals surface area (Å²) in [5.41, 5.74) is 3.53. The molecule has 0 aliphatic rings. The maximum Gasteiger partial charge on any atom is 0.155 e. The van der Waals surface area contributed by atoms with Crippen LogP contribution in [0.2, 0.25) is 10.0 Å². The molecule has 82 valence electrons. The van der Waals surface area contributed by atoms with E-state index in [1.54, 1.807) is 18.2 Å². The molecule has 0 spiro atoms. The van der Waals surface area contributed by atoms with E-state index in [0.717, 1.165) is 11.4 Å². The highest BCUT2D eigenvalue weighted by molar-refractivity contribution is 6.42. The van der Waals surface area contributed by atoms with E-state index in [-0.39, 0.29) is 0 Å². The van der Waals surface area contributed by atoms with Gasteiger partial charge in [0.15, 0.2) is 5.75 Å². The minimum Gasteiger partial charge on any atom is -0.382 e. The summed E-state index contributed by atoms with van der Waals surface area (Å²) in [6.45, 7) is 0. The number of para-hydroxylation sites is 1. The van der Waals surface area contributed by atoms with Crippen molar-refractivity contribution in [2.75, 3.05) is 5.48 Å². The van der Waals surface area contributed by atoms with Gasteiger partial charge in [0, 0.05) is 0 Å². The number of nitrogens with one attached hydrogen (secondary N) is 1. The molecule has 0 radical (unpaired) electrons. The van der Waals surface area contributed by atoms with Crippen LogP contribution in [-0.4, -0.2) is 0 Å². The van der Waals surface area contributed by atoms with Gasteiger partial charge in [0.1, 0.15) is 0 Å². The SMILES string of the molecule is Clc1ccc(NOc2ccccc2)cc1Cl. The molecule has 0 aromatic heterocycles. The van der Waals surface area contributed by atoms with E-state index in [1.165, 1.54) is 0 Å². The fourth-order valence-electron chi connectivity index (χ4n) is 1.17. The molecule has 0 bridgehead atoms. The topological polar surface area (TPSA) is 21.3 Å². The van der Waals surface area contributed by atoms with Gasteiger partial charge in [-0.15, -0.1) is 0 Å². The molecule has 16 heavy (non-hydrogen) atoms. The van der Waals surface area contributed by atoms with Crippen LogP contribution in [0.15, 0.2) is 48.5 Å². The standard InChI is InChI=1S/C12H9Cl2NO/c13-11-7-6-9(8-12(11)14)15-16-10-4-2-1-3-5-10/h1-8,15H. The lowest BCUT2D eigenvalue weighted by Gasteiger charge is -2.08. The monoisotopic (exact) mass is 253 g/mol. The van der Waals surface area contributed by atoms with Gasteiger partial charge in [-0.25, -0.2) is 5.48 Å². The second kappa shape index (κ2) is 5.10. The number of benzene rings is 2. The Morgan fingerprint density at radius 3 is 2.31 bits per heavy atom. The normalized spacial score (nSPS) is 9.88. The van der Waals surface area contributed by atoms with Gasteiger partial charge in [0.2, 0.25) is 0 Å². The summed E-state index contributed by atoms with van der Waals surface area (Å²) < 4.78 is 0. The van der Waals surface area contributed by atoms with Crippen molar-refractivity contribution in [3.8, 4) is 5.75 Å². The fraction of sp³-hybridized carbons (Fsp3) is 0. The Kier molecular flexibility index (Phi) is 3.54. The molecule has 4 heteroatoms. The Hall–Kier alpha value is -1.38. The summed E-state index contributed by atoms with van der Waals surface area (Å²) in [6, 6.07) is 14.6. The molecule has 0 fully saturated rings. The van der Waals surface area contributed by atoms with Gasteiger partial charge < -0.3 is 4.84 Å². The van der Waals surface area contributed by atoms with Crippen LogP contribution in [-0.2, 0) is 0 Å². The summed E-state index contributed by atoms with van der Waals surface area (Å²) >= 11 is 11.7. The number of hydrogen-bond acceptors (Lipinski definition) is 2. The van der Waals surface area contributed by atoms with Crippen LogP contribution in [0.5, 0.6) is 5.75 Å². The highest BCUT2D eigenvalue weighted by atomic mass is 35.5. The van der Waals surface area contributed by atoms with Crippen LogP contribution in [0.25, 0.3) is 0 Å². The van der Waals surface area contributed by atoms with E-state index >= 15 is 0 Å². The summed E-state index contributed by atoms with van der Waals surface area (Å²) in [4.78, 5) is 5.34. The Morgan fingerprint density at radius 1 is 0.875 bits per heavy atom. The molecule has 0 amide bonds. The van der Waals surface area contributed by atoms with Crippen LogP contribution in [0, 0.1) is 0 Å². The molecular formula is C12H9Cl2NO. The Bertz CT molecular complexity index is 474. The number of anilines is 1. The summed E-state index contributed by atoms with van der Waals surface area (Å²) in [6.07, 6.45) is 0. The van der Waals surface area contributed by atoms with E-state index in [1.807, 2.05) is 30.3 Å². The van der Waals surface area contributed by atoms with Crippen LogP contribution >= 0.6 is 23.2 Å². The van der Waals surface area contributed by atoms with E-state index in [9.17, 15) is 0 Å². The molecule has 2 aromatic rings. The van der Waals surface area contributed by atoms with Crippen LogP contribution in [0.3, 0.4) is 0 Å². The van der Waals surface area contributed by atoms with Crippen molar-refractivity contribution < 1.29 is 4.84 Å². The zero-order valence-corrected chi connectivity index (χ0v) is 9.79. The van der Waals surface area contributed by atoms with Crippen molar-refractivity contribution in [1.82, 2.24) is 0 Å². The van der Waals surface area contributed by atoms with Gasteiger partial charge in [-0.1, -0.05) is 41.4 Å². The van der Waals surface area contributed by atoms with Crippen molar-refractivity contribution >= 4 is 28.9 Å². The minimum atomic E-state index is 0.489. The first-order valence-corrected chi connectivity index (χ1v) is 5.44. The zero-order chi connectivity index (χ0) is 11.4. The first kappa shape index (κ1) is 11.1. The molecule has 0 saturated carbocycles. The van der Waals surface area contributed by atoms with Crippen LogP contribution in [0.4, 0.5) is 5.69 Å². The number of hydrogen-bond donors (Lipinski definition) is 1. The second-order valence-corrected chi connectivity index (χ2v) is 3.96. The molecule has 1 N–H and O–H groups in total. The molecule has 0 aliphatic carbocycles. The van der Waals surface area contributed by atoms with Crippen molar-refractivity contribution in [3.05, 3.63) is 58.6 Å². The summed E-state index contributed by atoms with van der Waals surface area (Å²) in [5.74, 6) is 0.730. The lowest BCUT2D eigenvalue weighted by molar-refractivity contribution is 0.405. The molecule has 0 heterocycles. The Morgan fingerprint density at radius 2 is 1.62 bits per heavy atom. The lowest BCUT2D eigenvalue weighted by atomic mass is 10.3. The van der Waals surface area contributed by atoms with E-state index < -0.39 is 0 Å². The Balaban J connectivity index is 2.03. The average molecular weight is 254 g/mol. The van der Waals surface area contributed by atoms with Gasteiger partial charge >= 0.3 is 0 Å². The van der Waals surface area contributed by atoms with Gasteiger partial charge in [0.05, 0.1) is 15.7 Å². The predicted octanol–water partition coefficient (Wildman–Crippen LogP) is 4.40. The second-order valence-electron chi connectivity index (χ2n) is 3.15. The molecule has 0 unspecified atom stereocenters. The van der Waals surface area contributed by atoms with E-state index in [2.05, 4.69) is 5.48 Å². The molecule has 0 aliphatic heterocycles. The maximum atomic E-state index is 5.87. The average Bonchev–Trinajstić information content (AvgIpc) is 2.32. The highest BCUT2D eigenvalue weighted by Crippen LogP contribution is 2.25. The van der Waals surface area contributed by atoms with Crippen molar-refractivity contribution in [3.63, 3.8) is 0 Å². The number of halogens is 2. The van der Waals surface area contributed by atoms with Gasteiger partial charge in [0.25, 0.3) is 0 Å². The predicted molar refractivity (Wildman–Crippen MR) is 67.2 cm³/mol. The Labute approximate surface area is 104 Å². The van der Waals surface area contributed by atoms with Crippen molar-refractivity contribution in [1.29, 1.82) is 0 Å². The summed E-state index contributed by atoms with van der Waals surface area (Å²) in [5, 5.41) is 1.01. The zero-order valence-electron chi connectivity index (χ0n) is 8.28. The largest absolute Gasteiger partial charge is 0.382 e. The molecule has 2 rings (SSSR count).